The van der Waals surface area contributed by atoms with E-state index in [4.69, 9.17) is 6.42 Å². The summed E-state index contributed by atoms with van der Waals surface area (Å²) < 4.78 is 0. The van der Waals surface area contributed by atoms with Crippen LogP contribution in [-0.4, -0.2) is 11.5 Å². The molecule has 0 saturated carbocycles. The van der Waals surface area contributed by atoms with Crippen LogP contribution >= 0.6 is 11.3 Å². The molecule has 0 aliphatic rings. The summed E-state index contributed by atoms with van der Waals surface area (Å²) in [7, 11) is 0. The Bertz CT molecular complexity index is 1500. The zero-order valence-corrected chi connectivity index (χ0v) is 19.9. The van der Waals surface area contributed by atoms with E-state index in [-0.39, 0.29) is 0 Å². The van der Waals surface area contributed by atoms with E-state index in [1.54, 1.807) is 17.4 Å². The molecule has 1 aromatic heterocycles. The molecular weight excluding hydrogens is 448 g/mol. The average Bonchev–Trinajstić information content (AvgIpc) is 3.42. The fraction of sp³-hybridized carbons (Fsp3) is 0.100. The molecule has 5 heteroatoms. The monoisotopic (exact) mass is 470 g/mol. The molecule has 0 bridgehead atoms. The van der Waals surface area contributed by atoms with Crippen LogP contribution in [0.3, 0.4) is 0 Å². The smallest absolute Gasteiger partial charge is 0.0998 e. The van der Waals surface area contributed by atoms with Crippen LogP contribution in [0, 0.1) is 35.0 Å². The lowest BCUT2D eigenvalue weighted by Gasteiger charge is -2.25. The van der Waals surface area contributed by atoms with Gasteiger partial charge in [0.2, 0.25) is 0 Å². The molecule has 0 aliphatic carbocycles. The molecule has 4 nitrogen and oxygen atoms in total. The van der Waals surface area contributed by atoms with Crippen LogP contribution in [0.15, 0.2) is 96.2 Å². The quantitative estimate of drug-likeness (QED) is 0.160. The molecule has 0 saturated heterocycles. The third kappa shape index (κ3) is 5.66. The summed E-state index contributed by atoms with van der Waals surface area (Å²) in [6, 6.07) is 24.9. The van der Waals surface area contributed by atoms with Crippen LogP contribution < -0.4 is 4.90 Å². The van der Waals surface area contributed by atoms with E-state index in [1.807, 2.05) is 48.1 Å². The van der Waals surface area contributed by atoms with E-state index in [1.165, 1.54) is 6.08 Å². The van der Waals surface area contributed by atoms with E-state index in [0.717, 1.165) is 32.5 Å². The predicted molar refractivity (Wildman–Crippen MR) is 144 cm³/mol. The number of nitriles is 2. The third-order valence-corrected chi connectivity index (χ3v) is 6.41. The highest BCUT2D eigenvalue weighted by molar-refractivity contribution is 7.09. The molecule has 0 N–H and O–H groups in total. The number of thiazole rings is 1. The molecule has 0 atom stereocenters. The van der Waals surface area contributed by atoms with Crippen LogP contribution in [0.2, 0.25) is 0 Å². The van der Waals surface area contributed by atoms with Gasteiger partial charge >= 0.3 is 0 Å². The van der Waals surface area contributed by atoms with Crippen molar-refractivity contribution in [2.75, 3.05) is 11.4 Å². The molecule has 0 radical (unpaired) electrons. The second-order valence-corrected chi connectivity index (χ2v) is 8.79. The molecule has 35 heavy (non-hydrogen) atoms. The molecule has 168 valence electrons. The zero-order valence-electron chi connectivity index (χ0n) is 19.1. The van der Waals surface area contributed by atoms with Gasteiger partial charge in [-0.15, -0.1) is 17.8 Å². The van der Waals surface area contributed by atoms with E-state index < -0.39 is 0 Å². The summed E-state index contributed by atoms with van der Waals surface area (Å²) in [5.41, 5.74) is 5.94. The van der Waals surface area contributed by atoms with Gasteiger partial charge in [0.15, 0.2) is 0 Å². The second kappa shape index (κ2) is 11.5. The van der Waals surface area contributed by atoms with Gasteiger partial charge in [-0.2, -0.15) is 10.5 Å². The van der Waals surface area contributed by atoms with Gasteiger partial charge < -0.3 is 4.90 Å². The van der Waals surface area contributed by atoms with E-state index in [9.17, 15) is 10.5 Å². The maximum Gasteiger partial charge on any atom is 0.0998 e. The van der Waals surface area contributed by atoms with Gasteiger partial charge in [0.1, 0.15) is 0 Å². The van der Waals surface area contributed by atoms with Gasteiger partial charge in [-0.05, 0) is 53.1 Å². The first-order valence-electron chi connectivity index (χ1n) is 11.1. The van der Waals surface area contributed by atoms with Crippen molar-refractivity contribution in [3.63, 3.8) is 0 Å². The van der Waals surface area contributed by atoms with E-state index in [0.29, 0.717) is 30.6 Å². The summed E-state index contributed by atoms with van der Waals surface area (Å²) in [5.74, 6) is 2.42. The van der Waals surface area contributed by atoms with Crippen molar-refractivity contribution in [2.24, 2.45) is 0 Å². The second-order valence-electron chi connectivity index (χ2n) is 7.82. The van der Waals surface area contributed by atoms with Gasteiger partial charge in [-0.1, -0.05) is 54.5 Å². The number of hydrogen-bond donors (Lipinski definition) is 0. The molecule has 0 spiro atoms. The maximum absolute atomic E-state index is 9.86. The molecule has 0 amide bonds. The number of aromatic nitrogens is 1. The zero-order chi connectivity index (χ0) is 24.5. The minimum absolute atomic E-state index is 0.539. The van der Waals surface area contributed by atoms with Gasteiger partial charge in [0, 0.05) is 34.4 Å². The standard InChI is InChI=1S/C30H22N4S/c1-2-3-8-23(18-31)9-7-16-34(21-27-20-33-22-35-27)26-15-14-25(19-32)30(17-26)29-13-6-11-24-10-4-5-12-28(24)29/h1,3-6,8-15,17,20,22H,7,16,21H2/b8-3-,23-9+. The number of rotatable bonds is 8. The lowest BCUT2D eigenvalue weighted by molar-refractivity contribution is 0.800. The first kappa shape index (κ1) is 23.5. The Balaban J connectivity index is 1.73. The van der Waals surface area contributed by atoms with Crippen molar-refractivity contribution >= 4 is 27.8 Å². The molecule has 0 aliphatic heterocycles. The normalized spacial score (nSPS) is 11.2. The number of allylic oxidation sites excluding steroid dienone is 3. The van der Waals surface area contributed by atoms with Crippen molar-refractivity contribution in [1.82, 2.24) is 4.98 Å². The Morgan fingerprint density at radius 3 is 2.69 bits per heavy atom. The maximum atomic E-state index is 9.86. The summed E-state index contributed by atoms with van der Waals surface area (Å²) in [6.45, 7) is 1.37. The highest BCUT2D eigenvalue weighted by Gasteiger charge is 2.14. The number of benzene rings is 3. The van der Waals surface area contributed by atoms with E-state index in [2.05, 4.69) is 58.3 Å². The largest absolute Gasteiger partial charge is 0.366 e. The number of terminal acetylenes is 1. The fourth-order valence-electron chi connectivity index (χ4n) is 3.98. The van der Waals surface area contributed by atoms with Gasteiger partial charge in [-0.3, -0.25) is 4.98 Å². The Hall–Kier alpha value is -4.63. The summed E-state index contributed by atoms with van der Waals surface area (Å²) >= 11 is 1.61. The average molecular weight is 471 g/mol. The molecule has 0 unspecified atom stereocenters. The van der Waals surface area contributed by atoms with E-state index >= 15 is 0 Å². The van der Waals surface area contributed by atoms with Crippen LogP contribution in [0.25, 0.3) is 21.9 Å². The number of nitrogens with zero attached hydrogens (tertiary/aromatic N) is 4. The SMILES string of the molecule is C#C/C=C\C(C#N)=C/CCN(Cc1cncs1)c1ccc(C#N)c(-c2cccc3ccccc23)c1. The third-order valence-electron chi connectivity index (χ3n) is 5.65. The number of fused-ring (bicyclic) bond motifs is 1. The highest BCUT2D eigenvalue weighted by Crippen LogP contribution is 2.34. The minimum Gasteiger partial charge on any atom is -0.366 e. The van der Waals surface area contributed by atoms with Crippen LogP contribution in [0.4, 0.5) is 5.69 Å². The van der Waals surface area contributed by atoms with Crippen molar-refractivity contribution in [3.05, 3.63) is 107 Å². The minimum atomic E-state index is 0.539. The molecule has 0 fully saturated rings. The first-order valence-corrected chi connectivity index (χ1v) is 12.0. The van der Waals surface area contributed by atoms with Gasteiger partial charge in [0.05, 0.1) is 29.8 Å². The topological polar surface area (TPSA) is 63.7 Å². The fourth-order valence-corrected chi connectivity index (χ4v) is 4.59. The molecular formula is C30H22N4S. The van der Waals surface area contributed by atoms with Crippen LogP contribution in [0.1, 0.15) is 16.9 Å². The van der Waals surface area contributed by atoms with Gasteiger partial charge in [0.25, 0.3) is 0 Å². The molecule has 4 rings (SSSR count). The summed E-state index contributed by atoms with van der Waals surface area (Å²) in [5, 5.41) is 21.5. The van der Waals surface area contributed by atoms with Crippen LogP contribution in [-0.2, 0) is 6.54 Å². The Morgan fingerprint density at radius 1 is 1.06 bits per heavy atom. The first-order chi connectivity index (χ1) is 17.2. The van der Waals surface area contributed by atoms with Crippen molar-refractivity contribution < 1.29 is 0 Å². The van der Waals surface area contributed by atoms with Crippen molar-refractivity contribution in [1.29, 1.82) is 10.5 Å². The lowest BCUT2D eigenvalue weighted by atomic mass is 9.94. The predicted octanol–water partition coefficient (Wildman–Crippen LogP) is 6.87. The lowest BCUT2D eigenvalue weighted by Crippen LogP contribution is -2.23. The van der Waals surface area contributed by atoms with Crippen molar-refractivity contribution in [3.8, 4) is 35.6 Å². The number of hydrogen-bond acceptors (Lipinski definition) is 5. The Morgan fingerprint density at radius 2 is 1.91 bits per heavy atom. The van der Waals surface area contributed by atoms with Crippen molar-refractivity contribution in [2.45, 2.75) is 13.0 Å². The molecule has 1 heterocycles. The number of anilines is 1. The summed E-state index contributed by atoms with van der Waals surface area (Å²) in [6.07, 6.45) is 12.9. The Kier molecular flexibility index (Phi) is 7.72. The Labute approximate surface area is 209 Å². The molecule has 3 aromatic carbocycles. The molecule has 4 aromatic rings. The van der Waals surface area contributed by atoms with Gasteiger partial charge in [-0.25, -0.2) is 0 Å². The highest BCUT2D eigenvalue weighted by atomic mass is 32.1. The van der Waals surface area contributed by atoms with Crippen LogP contribution in [0.5, 0.6) is 0 Å². The summed E-state index contributed by atoms with van der Waals surface area (Å²) in [4.78, 5) is 7.60.